The zero-order valence-electron chi connectivity index (χ0n) is 7.35. The largest absolute Gasteiger partial charge is 0.469 e. The van der Waals surface area contributed by atoms with Crippen molar-refractivity contribution in [1.82, 2.24) is 5.32 Å². The molecule has 0 unspecified atom stereocenters. The van der Waals surface area contributed by atoms with Gasteiger partial charge in [0.2, 0.25) is 0 Å². The first kappa shape index (κ1) is 10.4. The highest BCUT2D eigenvalue weighted by Gasteiger charge is 1.96. The van der Waals surface area contributed by atoms with Crippen molar-refractivity contribution in [1.29, 1.82) is 0 Å². The van der Waals surface area contributed by atoms with Gasteiger partial charge in [-0.25, -0.2) is 0 Å². The Morgan fingerprint density at radius 1 is 1.45 bits per heavy atom. The van der Waals surface area contributed by atoms with Crippen molar-refractivity contribution in [2.75, 3.05) is 20.2 Å². The fraction of sp³-hybridized carbons (Fsp3) is 0.875. The summed E-state index contributed by atoms with van der Waals surface area (Å²) in [6, 6.07) is 0. The number of nitrogens with one attached hydrogen (secondary N) is 1. The highest BCUT2D eigenvalue weighted by Crippen LogP contribution is 1.84. The van der Waals surface area contributed by atoms with E-state index < -0.39 is 0 Å². The summed E-state index contributed by atoms with van der Waals surface area (Å²) in [5.41, 5.74) is 0. The van der Waals surface area contributed by atoms with E-state index in [0.717, 1.165) is 13.1 Å². The van der Waals surface area contributed by atoms with Gasteiger partial charge in [0, 0.05) is 6.54 Å². The van der Waals surface area contributed by atoms with Crippen LogP contribution in [-0.4, -0.2) is 26.2 Å². The van der Waals surface area contributed by atoms with Gasteiger partial charge < -0.3 is 10.1 Å². The first-order valence-electron chi connectivity index (χ1n) is 4.08. The monoisotopic (exact) mass is 159 g/mol. The number of hydrogen-bond acceptors (Lipinski definition) is 3. The molecule has 0 heterocycles. The molecule has 0 aliphatic rings. The van der Waals surface area contributed by atoms with E-state index in [1.54, 1.807) is 0 Å². The average Bonchev–Trinajstić information content (AvgIpc) is 2.04. The van der Waals surface area contributed by atoms with Crippen molar-refractivity contribution in [2.24, 2.45) is 0 Å². The van der Waals surface area contributed by atoms with Crippen LogP contribution in [0.2, 0.25) is 0 Å². The molecule has 3 nitrogen and oxygen atoms in total. The summed E-state index contributed by atoms with van der Waals surface area (Å²) in [7, 11) is 1.41. The molecule has 3 heteroatoms. The van der Waals surface area contributed by atoms with Gasteiger partial charge in [0.1, 0.15) is 0 Å². The van der Waals surface area contributed by atoms with Crippen LogP contribution in [-0.2, 0) is 9.53 Å². The van der Waals surface area contributed by atoms with Crippen LogP contribution in [0.25, 0.3) is 0 Å². The van der Waals surface area contributed by atoms with Gasteiger partial charge in [0.25, 0.3) is 0 Å². The molecule has 0 radical (unpaired) electrons. The molecule has 0 aromatic rings. The second kappa shape index (κ2) is 7.54. The average molecular weight is 159 g/mol. The summed E-state index contributed by atoms with van der Waals surface area (Å²) >= 11 is 0. The Morgan fingerprint density at radius 2 is 2.18 bits per heavy atom. The number of rotatable bonds is 6. The lowest BCUT2D eigenvalue weighted by Gasteiger charge is -2.01. The van der Waals surface area contributed by atoms with Crippen molar-refractivity contribution >= 4 is 5.97 Å². The SMILES string of the molecule is CCCCNCCC(=O)OC. The zero-order chi connectivity index (χ0) is 8.53. The highest BCUT2D eigenvalue weighted by molar-refractivity contribution is 5.69. The minimum Gasteiger partial charge on any atom is -0.469 e. The smallest absolute Gasteiger partial charge is 0.306 e. The van der Waals surface area contributed by atoms with Gasteiger partial charge in [-0.2, -0.15) is 0 Å². The van der Waals surface area contributed by atoms with Crippen LogP contribution in [0.5, 0.6) is 0 Å². The summed E-state index contributed by atoms with van der Waals surface area (Å²) in [5.74, 6) is -0.144. The standard InChI is InChI=1S/C8H17NO2/c1-3-4-6-9-7-5-8(10)11-2/h9H,3-7H2,1-2H3. The van der Waals surface area contributed by atoms with Gasteiger partial charge in [-0.1, -0.05) is 13.3 Å². The van der Waals surface area contributed by atoms with Crippen LogP contribution in [0.3, 0.4) is 0 Å². The number of unbranched alkanes of at least 4 members (excludes halogenated alkanes) is 1. The van der Waals surface area contributed by atoms with Gasteiger partial charge in [0.15, 0.2) is 0 Å². The normalized spacial score (nSPS) is 9.64. The predicted octanol–water partition coefficient (Wildman–Crippen LogP) is 0.939. The Bertz CT molecular complexity index is 104. The van der Waals surface area contributed by atoms with Crippen molar-refractivity contribution in [2.45, 2.75) is 26.2 Å². The maximum atomic E-state index is 10.6. The van der Waals surface area contributed by atoms with E-state index in [0.29, 0.717) is 6.42 Å². The molecule has 0 saturated carbocycles. The number of carbonyl (C=O) groups is 1. The Labute approximate surface area is 68.1 Å². The molecule has 0 amide bonds. The minimum absolute atomic E-state index is 0.144. The lowest BCUT2D eigenvalue weighted by Crippen LogP contribution is -2.19. The lowest BCUT2D eigenvalue weighted by atomic mass is 10.3. The molecular weight excluding hydrogens is 142 g/mol. The third-order valence-electron chi connectivity index (χ3n) is 1.44. The Hall–Kier alpha value is -0.570. The van der Waals surface area contributed by atoms with E-state index in [9.17, 15) is 4.79 Å². The summed E-state index contributed by atoms with van der Waals surface area (Å²) in [6.07, 6.45) is 2.83. The molecule has 1 N–H and O–H groups in total. The van der Waals surface area contributed by atoms with Crippen LogP contribution in [0.4, 0.5) is 0 Å². The Balaban J connectivity index is 2.95. The summed E-state index contributed by atoms with van der Waals surface area (Å²) in [5, 5.41) is 3.15. The van der Waals surface area contributed by atoms with Crippen molar-refractivity contribution < 1.29 is 9.53 Å². The fourth-order valence-corrected chi connectivity index (χ4v) is 0.719. The molecule has 0 saturated heterocycles. The molecular formula is C8H17NO2. The molecule has 0 aromatic heterocycles. The van der Waals surface area contributed by atoms with Gasteiger partial charge in [-0.3, -0.25) is 4.79 Å². The van der Waals surface area contributed by atoms with Gasteiger partial charge in [0.05, 0.1) is 13.5 Å². The molecule has 0 aliphatic carbocycles. The number of hydrogen-bond donors (Lipinski definition) is 1. The second-order valence-corrected chi connectivity index (χ2v) is 2.43. The number of ether oxygens (including phenoxy) is 1. The number of carbonyl (C=O) groups excluding carboxylic acids is 1. The summed E-state index contributed by atoms with van der Waals surface area (Å²) < 4.78 is 4.48. The molecule has 11 heavy (non-hydrogen) atoms. The Kier molecular flexibility index (Phi) is 7.15. The van der Waals surface area contributed by atoms with E-state index in [1.807, 2.05) is 0 Å². The van der Waals surface area contributed by atoms with Crippen LogP contribution in [0.15, 0.2) is 0 Å². The third-order valence-corrected chi connectivity index (χ3v) is 1.44. The second-order valence-electron chi connectivity index (χ2n) is 2.43. The minimum atomic E-state index is -0.144. The lowest BCUT2D eigenvalue weighted by molar-refractivity contribution is -0.140. The van der Waals surface area contributed by atoms with E-state index >= 15 is 0 Å². The zero-order valence-corrected chi connectivity index (χ0v) is 7.35. The number of esters is 1. The molecule has 0 rings (SSSR count). The maximum Gasteiger partial charge on any atom is 0.306 e. The number of methoxy groups -OCH3 is 1. The van der Waals surface area contributed by atoms with Crippen LogP contribution in [0.1, 0.15) is 26.2 Å². The Morgan fingerprint density at radius 3 is 2.73 bits per heavy atom. The van der Waals surface area contributed by atoms with E-state index in [2.05, 4.69) is 17.0 Å². The van der Waals surface area contributed by atoms with Gasteiger partial charge in [-0.05, 0) is 13.0 Å². The first-order valence-corrected chi connectivity index (χ1v) is 4.08. The van der Waals surface area contributed by atoms with Crippen LogP contribution < -0.4 is 5.32 Å². The fourth-order valence-electron chi connectivity index (χ4n) is 0.719. The first-order chi connectivity index (χ1) is 5.31. The topological polar surface area (TPSA) is 38.3 Å². The quantitative estimate of drug-likeness (QED) is 0.463. The van der Waals surface area contributed by atoms with Gasteiger partial charge >= 0.3 is 5.97 Å². The maximum absolute atomic E-state index is 10.6. The summed E-state index contributed by atoms with van der Waals surface area (Å²) in [6.45, 7) is 3.86. The highest BCUT2D eigenvalue weighted by atomic mass is 16.5. The molecule has 0 aromatic carbocycles. The van der Waals surface area contributed by atoms with E-state index in [4.69, 9.17) is 0 Å². The molecule has 0 atom stereocenters. The molecule has 0 bridgehead atoms. The third kappa shape index (κ3) is 7.33. The van der Waals surface area contributed by atoms with Crippen molar-refractivity contribution in [3.8, 4) is 0 Å². The van der Waals surface area contributed by atoms with Crippen LogP contribution in [0, 0.1) is 0 Å². The molecule has 0 aliphatic heterocycles. The van der Waals surface area contributed by atoms with Crippen LogP contribution >= 0.6 is 0 Å². The van der Waals surface area contributed by atoms with Crippen molar-refractivity contribution in [3.05, 3.63) is 0 Å². The molecule has 0 spiro atoms. The predicted molar refractivity (Wildman–Crippen MR) is 44.4 cm³/mol. The molecule has 66 valence electrons. The van der Waals surface area contributed by atoms with Crippen molar-refractivity contribution in [3.63, 3.8) is 0 Å². The van der Waals surface area contributed by atoms with Gasteiger partial charge in [-0.15, -0.1) is 0 Å². The van der Waals surface area contributed by atoms with E-state index in [1.165, 1.54) is 20.0 Å². The van der Waals surface area contributed by atoms with E-state index in [-0.39, 0.29) is 5.97 Å². The summed E-state index contributed by atoms with van der Waals surface area (Å²) in [4.78, 5) is 10.6. The molecule has 0 fully saturated rings.